The molecule has 0 aromatic rings. The van der Waals surface area contributed by atoms with Crippen molar-refractivity contribution in [1.82, 2.24) is 0 Å². The van der Waals surface area contributed by atoms with Crippen LogP contribution in [0.1, 0.15) is 0 Å². The number of ether oxygens (including phenoxy) is 1. The predicted octanol–water partition coefficient (Wildman–Crippen LogP) is 0.0846. The van der Waals surface area contributed by atoms with E-state index in [1.165, 1.54) is 0 Å². The highest BCUT2D eigenvalue weighted by molar-refractivity contribution is 5.90. The number of halogens is 6. The molecule has 0 aliphatic rings. The molecule has 0 aliphatic carbocycles. The molecule has 5 nitrogen and oxygen atoms in total. The summed E-state index contributed by atoms with van der Waals surface area (Å²) < 4.78 is 69.7. The van der Waals surface area contributed by atoms with Crippen molar-refractivity contribution in [2.75, 3.05) is 13.1 Å². The minimum atomic E-state index is -5.62. The number of carbonyl (C=O) groups is 2. The van der Waals surface area contributed by atoms with E-state index in [1.54, 1.807) is 0 Å². The fourth-order valence-corrected chi connectivity index (χ4v) is 0.200. The highest BCUT2D eigenvalue weighted by Crippen LogP contribution is 2.21. The molecule has 102 valence electrons. The highest BCUT2D eigenvalue weighted by Gasteiger charge is 2.49. The number of nitrogens with two attached hydrogens (primary N) is 2. The summed E-state index contributed by atoms with van der Waals surface area (Å²) in [5.74, 6) is -6.40. The van der Waals surface area contributed by atoms with Crippen molar-refractivity contribution in [1.29, 1.82) is 0 Å². The minimum Gasteiger partial charge on any atom is -0.380 e. The lowest BCUT2D eigenvalue weighted by Gasteiger charge is -2.06. The zero-order valence-electron chi connectivity index (χ0n) is 8.06. The Hall–Kier alpha value is -1.36. The van der Waals surface area contributed by atoms with Gasteiger partial charge >= 0.3 is 24.3 Å². The van der Waals surface area contributed by atoms with Gasteiger partial charge in [-0.15, -0.1) is 0 Å². The van der Waals surface area contributed by atoms with Crippen molar-refractivity contribution in [3.63, 3.8) is 0 Å². The van der Waals surface area contributed by atoms with Gasteiger partial charge in [0.25, 0.3) is 0 Å². The second-order valence-electron chi connectivity index (χ2n) is 2.25. The van der Waals surface area contributed by atoms with Gasteiger partial charge in [-0.3, -0.25) is 0 Å². The number of hydrogen-bond acceptors (Lipinski definition) is 5. The lowest BCUT2D eigenvalue weighted by Crippen LogP contribution is -2.34. The molecule has 0 atom stereocenters. The topological polar surface area (TPSA) is 95.4 Å². The zero-order valence-corrected chi connectivity index (χ0v) is 8.06. The fourth-order valence-electron chi connectivity index (χ4n) is 0.200. The number of esters is 2. The van der Waals surface area contributed by atoms with Crippen LogP contribution in [0.2, 0.25) is 0 Å². The van der Waals surface area contributed by atoms with Gasteiger partial charge in [-0.25, -0.2) is 9.59 Å². The molecule has 0 aromatic carbocycles. The van der Waals surface area contributed by atoms with Gasteiger partial charge in [0.2, 0.25) is 0 Å². The molecule has 11 heteroatoms. The molecule has 0 bridgehead atoms. The molecule has 0 amide bonds. The van der Waals surface area contributed by atoms with Gasteiger partial charge in [0.05, 0.1) is 0 Å². The van der Waals surface area contributed by atoms with Crippen LogP contribution in [0, 0.1) is 0 Å². The molecular weight excluding hydrogens is 262 g/mol. The number of alkyl halides is 6. The smallest absolute Gasteiger partial charge is 0.380 e. The Morgan fingerprint density at radius 1 is 0.824 bits per heavy atom. The van der Waals surface area contributed by atoms with Gasteiger partial charge in [-0.1, -0.05) is 0 Å². The molecule has 4 N–H and O–H groups in total. The Morgan fingerprint density at radius 3 is 1.18 bits per heavy atom. The summed E-state index contributed by atoms with van der Waals surface area (Å²) in [6, 6.07) is 0. The zero-order chi connectivity index (χ0) is 14.3. The normalized spacial score (nSPS) is 11.3. The van der Waals surface area contributed by atoms with E-state index in [-0.39, 0.29) is 0 Å². The lowest BCUT2D eigenvalue weighted by molar-refractivity contribution is -0.221. The van der Waals surface area contributed by atoms with Gasteiger partial charge in [0.15, 0.2) is 0 Å². The average Bonchev–Trinajstić information content (AvgIpc) is 2.15. The molecule has 0 saturated carbocycles. The van der Waals surface area contributed by atoms with Crippen molar-refractivity contribution in [3.8, 4) is 0 Å². The summed E-state index contributed by atoms with van der Waals surface area (Å²) in [6.07, 6.45) is -11.2. The van der Waals surface area contributed by atoms with E-state index in [4.69, 9.17) is 11.5 Å². The fraction of sp³-hybridized carbons (Fsp3) is 0.667. The Morgan fingerprint density at radius 2 is 1.06 bits per heavy atom. The maximum absolute atomic E-state index is 11.2. The molecule has 0 spiro atoms. The maximum atomic E-state index is 11.2. The second kappa shape index (κ2) is 7.06. The average molecular weight is 270 g/mol. The van der Waals surface area contributed by atoms with Crippen molar-refractivity contribution in [3.05, 3.63) is 0 Å². The van der Waals surface area contributed by atoms with Crippen LogP contribution in [0.4, 0.5) is 26.3 Å². The molecule has 0 rings (SSSR count). The van der Waals surface area contributed by atoms with Crippen LogP contribution in [0.3, 0.4) is 0 Å². The summed E-state index contributed by atoms with van der Waals surface area (Å²) in [7, 11) is 0. The van der Waals surface area contributed by atoms with Crippen molar-refractivity contribution >= 4 is 11.9 Å². The van der Waals surface area contributed by atoms with Crippen LogP contribution in [0.15, 0.2) is 0 Å². The molecule has 0 saturated heterocycles. The van der Waals surface area contributed by atoms with Gasteiger partial charge in [-0.05, 0) is 0 Å². The molecule has 17 heavy (non-hydrogen) atoms. The lowest BCUT2D eigenvalue weighted by atomic mass is 10.6. The van der Waals surface area contributed by atoms with E-state index in [0.717, 1.165) is 0 Å². The van der Waals surface area contributed by atoms with Crippen molar-refractivity contribution in [2.45, 2.75) is 12.4 Å². The van der Waals surface area contributed by atoms with E-state index >= 15 is 0 Å². The Bertz CT molecular complexity index is 235. The third-order valence-corrected chi connectivity index (χ3v) is 0.815. The van der Waals surface area contributed by atoms with E-state index in [2.05, 4.69) is 4.74 Å². The number of hydrogen-bond donors (Lipinski definition) is 2. The maximum Gasteiger partial charge on any atom is 0.491 e. The van der Waals surface area contributed by atoms with Crippen LogP contribution in [0.5, 0.6) is 0 Å². The first-order valence-corrected chi connectivity index (χ1v) is 3.77. The van der Waals surface area contributed by atoms with Crippen LogP contribution in [-0.2, 0) is 14.3 Å². The SMILES string of the molecule is NCCN.O=C(OC(=O)C(F)(F)F)C(F)(F)F. The van der Waals surface area contributed by atoms with E-state index in [9.17, 15) is 35.9 Å². The quantitative estimate of drug-likeness (QED) is 0.400. The van der Waals surface area contributed by atoms with Crippen LogP contribution < -0.4 is 11.5 Å². The molecule has 0 heterocycles. The third kappa shape index (κ3) is 9.56. The molecule has 0 unspecified atom stereocenters. The van der Waals surface area contributed by atoms with Gasteiger partial charge in [0, 0.05) is 13.1 Å². The van der Waals surface area contributed by atoms with E-state index in [1.807, 2.05) is 0 Å². The summed E-state index contributed by atoms with van der Waals surface area (Å²) in [5, 5.41) is 0. The molecular formula is C6H8F6N2O3. The Balaban J connectivity index is 0. The summed E-state index contributed by atoms with van der Waals surface area (Å²) in [6.45, 7) is 1.19. The van der Waals surface area contributed by atoms with Crippen LogP contribution >= 0.6 is 0 Å². The third-order valence-electron chi connectivity index (χ3n) is 0.815. The number of carbonyl (C=O) groups excluding carboxylic acids is 2. The monoisotopic (exact) mass is 270 g/mol. The first-order chi connectivity index (χ1) is 7.46. The largest absolute Gasteiger partial charge is 0.491 e. The molecule has 0 aromatic heterocycles. The van der Waals surface area contributed by atoms with Gasteiger partial charge < -0.3 is 16.2 Å². The van der Waals surface area contributed by atoms with E-state index in [0.29, 0.717) is 13.1 Å². The van der Waals surface area contributed by atoms with Gasteiger partial charge in [0.1, 0.15) is 0 Å². The standard InChI is InChI=1S/C4F6O3.C2H8N2/c5-3(6,7)1(11)13-2(12)4(8,9)10;3-1-2-4/h;1-4H2. The Labute approximate surface area is 90.7 Å². The van der Waals surface area contributed by atoms with Crippen LogP contribution in [-0.4, -0.2) is 37.4 Å². The van der Waals surface area contributed by atoms with Crippen molar-refractivity contribution in [2.24, 2.45) is 11.5 Å². The molecule has 0 fully saturated rings. The summed E-state index contributed by atoms with van der Waals surface area (Å²) >= 11 is 0. The van der Waals surface area contributed by atoms with Gasteiger partial charge in [-0.2, -0.15) is 26.3 Å². The first-order valence-electron chi connectivity index (χ1n) is 3.77. The highest BCUT2D eigenvalue weighted by atomic mass is 19.4. The Kier molecular flexibility index (Phi) is 7.48. The molecule has 0 aliphatic heterocycles. The predicted molar refractivity (Wildman–Crippen MR) is 41.3 cm³/mol. The molecule has 0 radical (unpaired) electrons. The van der Waals surface area contributed by atoms with E-state index < -0.39 is 24.3 Å². The van der Waals surface area contributed by atoms with Crippen LogP contribution in [0.25, 0.3) is 0 Å². The summed E-state index contributed by atoms with van der Waals surface area (Å²) in [4.78, 5) is 19.3. The number of rotatable bonds is 1. The second-order valence-corrected chi connectivity index (χ2v) is 2.25. The summed E-state index contributed by atoms with van der Waals surface area (Å²) in [5.41, 5.74) is 9.81. The first kappa shape index (κ1) is 18.0. The van der Waals surface area contributed by atoms with Crippen molar-refractivity contribution < 1.29 is 40.7 Å². The minimum absolute atomic E-state index is 0.597.